The zero-order chi connectivity index (χ0) is 22.3. The number of para-hydroxylation sites is 1. The second-order valence-electron chi connectivity index (χ2n) is 6.43. The molecule has 0 saturated heterocycles. The van der Waals surface area contributed by atoms with Crippen molar-refractivity contribution in [1.82, 2.24) is 19.7 Å². The van der Waals surface area contributed by atoms with Crippen molar-refractivity contribution in [3.05, 3.63) is 71.9 Å². The van der Waals surface area contributed by atoms with E-state index in [1.54, 1.807) is 17.9 Å². The number of thiazole rings is 1. The van der Waals surface area contributed by atoms with E-state index in [4.69, 9.17) is 4.74 Å². The molecule has 1 N–H and O–H groups in total. The molecular weight excluding hydrogens is 446 g/mol. The van der Waals surface area contributed by atoms with Gasteiger partial charge in [0.25, 0.3) is 0 Å². The molecule has 0 atom stereocenters. The molecule has 0 aliphatic carbocycles. The van der Waals surface area contributed by atoms with Crippen LogP contribution in [0.2, 0.25) is 0 Å². The van der Waals surface area contributed by atoms with E-state index >= 15 is 0 Å². The molecule has 4 aromatic rings. The highest BCUT2D eigenvalue weighted by Crippen LogP contribution is 2.32. The molecule has 4 rings (SSSR count). The number of esters is 1. The Kier molecular flexibility index (Phi) is 6.93. The third-order valence-electron chi connectivity index (χ3n) is 4.21. The van der Waals surface area contributed by atoms with Crippen molar-refractivity contribution in [2.75, 3.05) is 17.7 Å². The lowest BCUT2D eigenvalue weighted by Gasteiger charge is -2.01. The van der Waals surface area contributed by atoms with E-state index < -0.39 is 5.97 Å². The maximum Gasteiger partial charge on any atom is 0.350 e. The summed E-state index contributed by atoms with van der Waals surface area (Å²) in [6.07, 6.45) is 1.61. The van der Waals surface area contributed by atoms with Crippen LogP contribution in [-0.2, 0) is 9.53 Å². The smallest absolute Gasteiger partial charge is 0.350 e. The zero-order valence-corrected chi connectivity index (χ0v) is 18.7. The normalized spacial score (nSPS) is 10.7. The van der Waals surface area contributed by atoms with Crippen LogP contribution in [0.5, 0.6) is 0 Å². The van der Waals surface area contributed by atoms with Crippen molar-refractivity contribution in [2.45, 2.75) is 12.1 Å². The standard InChI is InChI=1S/C22H19N5O3S2/c1-2-30-20(29)19-18(15-9-5-3-6-10-15)25-22(32-19)24-17(28)13-31-21-23-14-27(26-21)16-11-7-4-8-12-16/h3-12,14H,2,13H2,1H3,(H,24,25,28). The maximum absolute atomic E-state index is 12.5. The SMILES string of the molecule is CCOC(=O)c1sc(NC(=O)CSc2ncn(-c3ccccc3)n2)nc1-c1ccccc1. The first-order chi connectivity index (χ1) is 15.6. The highest BCUT2D eigenvalue weighted by Gasteiger charge is 2.21. The van der Waals surface area contributed by atoms with Gasteiger partial charge in [-0.15, -0.1) is 5.10 Å². The highest BCUT2D eigenvalue weighted by molar-refractivity contribution is 7.99. The number of hydrogen-bond donors (Lipinski definition) is 1. The Morgan fingerprint density at radius 3 is 2.53 bits per heavy atom. The number of hydrogen-bond acceptors (Lipinski definition) is 8. The monoisotopic (exact) mass is 465 g/mol. The fourth-order valence-electron chi connectivity index (χ4n) is 2.80. The van der Waals surface area contributed by atoms with Crippen LogP contribution >= 0.6 is 23.1 Å². The Hall–Kier alpha value is -3.50. The van der Waals surface area contributed by atoms with Crippen LogP contribution in [0, 0.1) is 0 Å². The molecule has 0 radical (unpaired) electrons. The van der Waals surface area contributed by atoms with E-state index in [1.807, 2.05) is 60.7 Å². The summed E-state index contributed by atoms with van der Waals surface area (Å²) in [5.74, 6) is -0.627. The Morgan fingerprint density at radius 1 is 1.09 bits per heavy atom. The van der Waals surface area contributed by atoms with Crippen LogP contribution in [0.25, 0.3) is 16.9 Å². The lowest BCUT2D eigenvalue weighted by atomic mass is 10.1. The fourth-order valence-corrected chi connectivity index (χ4v) is 4.30. The molecule has 0 fully saturated rings. The van der Waals surface area contributed by atoms with Crippen molar-refractivity contribution in [2.24, 2.45) is 0 Å². The summed E-state index contributed by atoms with van der Waals surface area (Å²) < 4.78 is 6.80. The number of carbonyl (C=O) groups is 2. The Balaban J connectivity index is 1.43. The average molecular weight is 466 g/mol. The quantitative estimate of drug-likeness (QED) is 0.306. The van der Waals surface area contributed by atoms with Crippen molar-refractivity contribution in [3.63, 3.8) is 0 Å². The second-order valence-corrected chi connectivity index (χ2v) is 8.37. The van der Waals surface area contributed by atoms with Gasteiger partial charge in [-0.1, -0.05) is 71.6 Å². The molecule has 0 aliphatic heterocycles. The third kappa shape index (κ3) is 5.21. The number of nitrogens with one attached hydrogen (secondary N) is 1. The summed E-state index contributed by atoms with van der Waals surface area (Å²) in [5.41, 5.74) is 2.15. The summed E-state index contributed by atoms with van der Waals surface area (Å²) in [5, 5.41) is 7.95. The van der Waals surface area contributed by atoms with Gasteiger partial charge in [0, 0.05) is 5.56 Å². The molecule has 0 saturated carbocycles. The van der Waals surface area contributed by atoms with Crippen LogP contribution in [0.3, 0.4) is 0 Å². The molecule has 162 valence electrons. The number of benzene rings is 2. The van der Waals surface area contributed by atoms with Gasteiger partial charge >= 0.3 is 5.97 Å². The van der Waals surface area contributed by atoms with E-state index in [2.05, 4.69) is 20.4 Å². The van der Waals surface area contributed by atoms with E-state index in [9.17, 15) is 9.59 Å². The van der Waals surface area contributed by atoms with Crippen molar-refractivity contribution >= 4 is 40.1 Å². The van der Waals surface area contributed by atoms with E-state index in [1.165, 1.54) is 11.8 Å². The van der Waals surface area contributed by atoms with Gasteiger partial charge in [-0.05, 0) is 19.1 Å². The van der Waals surface area contributed by atoms with Gasteiger partial charge < -0.3 is 10.1 Å². The van der Waals surface area contributed by atoms with Gasteiger partial charge in [0.15, 0.2) is 5.13 Å². The summed E-state index contributed by atoms with van der Waals surface area (Å²) >= 11 is 2.31. The Morgan fingerprint density at radius 2 is 1.81 bits per heavy atom. The van der Waals surface area contributed by atoms with E-state index in [-0.39, 0.29) is 18.3 Å². The van der Waals surface area contributed by atoms with E-state index in [0.29, 0.717) is 20.9 Å². The highest BCUT2D eigenvalue weighted by atomic mass is 32.2. The van der Waals surface area contributed by atoms with Gasteiger partial charge in [-0.3, -0.25) is 4.79 Å². The predicted octanol–water partition coefficient (Wildman–Crippen LogP) is 4.30. The first-order valence-electron chi connectivity index (χ1n) is 9.77. The third-order valence-corrected chi connectivity index (χ3v) is 6.01. The Bertz CT molecular complexity index is 1210. The number of amides is 1. The summed E-state index contributed by atoms with van der Waals surface area (Å²) in [6, 6.07) is 18.9. The van der Waals surface area contributed by atoms with Crippen molar-refractivity contribution in [1.29, 1.82) is 0 Å². The molecule has 10 heteroatoms. The van der Waals surface area contributed by atoms with Crippen LogP contribution < -0.4 is 5.32 Å². The molecule has 0 bridgehead atoms. The number of rotatable bonds is 8. The molecule has 0 unspecified atom stereocenters. The van der Waals surface area contributed by atoms with Crippen LogP contribution in [0.15, 0.2) is 72.1 Å². The van der Waals surface area contributed by atoms with Gasteiger partial charge in [-0.2, -0.15) is 0 Å². The number of carbonyl (C=O) groups excluding carboxylic acids is 2. The molecule has 2 heterocycles. The molecule has 2 aromatic carbocycles. The second kappa shape index (κ2) is 10.2. The van der Waals surface area contributed by atoms with Gasteiger partial charge in [0.1, 0.15) is 11.2 Å². The molecule has 32 heavy (non-hydrogen) atoms. The molecule has 0 spiro atoms. The average Bonchev–Trinajstić information content (AvgIpc) is 3.47. The van der Waals surface area contributed by atoms with E-state index in [0.717, 1.165) is 22.6 Å². The largest absolute Gasteiger partial charge is 0.462 e. The lowest BCUT2D eigenvalue weighted by Crippen LogP contribution is -2.14. The first kappa shape index (κ1) is 21.7. The van der Waals surface area contributed by atoms with Crippen molar-refractivity contribution < 1.29 is 14.3 Å². The molecular formula is C22H19N5O3S2. The minimum Gasteiger partial charge on any atom is -0.462 e. The summed E-state index contributed by atoms with van der Waals surface area (Å²) in [7, 11) is 0. The van der Waals surface area contributed by atoms with Crippen LogP contribution in [-0.4, -0.2) is 44.0 Å². The number of ether oxygens (including phenoxy) is 1. The van der Waals surface area contributed by atoms with Gasteiger partial charge in [0.05, 0.1) is 23.7 Å². The minimum absolute atomic E-state index is 0.105. The van der Waals surface area contributed by atoms with Crippen LogP contribution in [0.1, 0.15) is 16.6 Å². The molecule has 0 aliphatic rings. The maximum atomic E-state index is 12.5. The molecule has 8 nitrogen and oxygen atoms in total. The topological polar surface area (TPSA) is 99.0 Å². The zero-order valence-electron chi connectivity index (χ0n) is 17.1. The fraction of sp³-hybridized carbons (Fsp3) is 0.136. The van der Waals surface area contributed by atoms with Gasteiger partial charge in [0.2, 0.25) is 11.1 Å². The minimum atomic E-state index is -0.464. The van der Waals surface area contributed by atoms with Gasteiger partial charge in [-0.25, -0.2) is 19.4 Å². The predicted molar refractivity (Wildman–Crippen MR) is 124 cm³/mol. The first-order valence-corrected chi connectivity index (χ1v) is 11.6. The molecule has 1 amide bonds. The number of anilines is 1. The van der Waals surface area contributed by atoms with Crippen molar-refractivity contribution in [3.8, 4) is 16.9 Å². The summed E-state index contributed by atoms with van der Waals surface area (Å²) in [4.78, 5) is 33.9. The summed E-state index contributed by atoms with van der Waals surface area (Å²) in [6.45, 7) is 2.00. The number of thioether (sulfide) groups is 1. The number of nitrogens with zero attached hydrogens (tertiary/aromatic N) is 4. The molecule has 2 aromatic heterocycles. The van der Waals surface area contributed by atoms with Crippen LogP contribution in [0.4, 0.5) is 5.13 Å². The Labute approximate surface area is 192 Å². The number of aromatic nitrogens is 4. The lowest BCUT2D eigenvalue weighted by molar-refractivity contribution is -0.113.